The number of aromatic nitrogens is 3. The SMILES string of the molecule is CC(C)OC(=O)Nc1ccc(-c2c(C#N)c3ccc(Oc4ncccn4)cc3n2C2CC2)cc1Cl. The molecule has 35 heavy (non-hydrogen) atoms. The maximum atomic E-state index is 12.0. The summed E-state index contributed by atoms with van der Waals surface area (Å²) >= 11 is 6.52. The third-order valence-corrected chi connectivity index (χ3v) is 5.89. The van der Waals surface area contributed by atoms with E-state index >= 15 is 0 Å². The number of fused-ring (bicyclic) bond motifs is 1. The monoisotopic (exact) mass is 487 g/mol. The second-order valence-electron chi connectivity index (χ2n) is 8.52. The van der Waals surface area contributed by atoms with Gasteiger partial charge >= 0.3 is 12.1 Å². The Kier molecular flexibility index (Phi) is 6.01. The minimum atomic E-state index is -0.575. The highest BCUT2D eigenvalue weighted by molar-refractivity contribution is 6.34. The van der Waals surface area contributed by atoms with Crippen molar-refractivity contribution in [3.05, 3.63) is 65.4 Å². The van der Waals surface area contributed by atoms with Crippen molar-refractivity contribution in [1.29, 1.82) is 5.26 Å². The van der Waals surface area contributed by atoms with Crippen LogP contribution < -0.4 is 10.1 Å². The molecule has 2 aromatic heterocycles. The second-order valence-corrected chi connectivity index (χ2v) is 8.93. The summed E-state index contributed by atoms with van der Waals surface area (Å²) in [5, 5.41) is 13.9. The van der Waals surface area contributed by atoms with Crippen LogP contribution in [0.4, 0.5) is 10.5 Å². The van der Waals surface area contributed by atoms with Crippen molar-refractivity contribution < 1.29 is 14.3 Å². The zero-order valence-corrected chi connectivity index (χ0v) is 19.9. The maximum Gasteiger partial charge on any atom is 0.411 e. The first-order chi connectivity index (χ1) is 16.9. The molecule has 0 unspecified atom stereocenters. The number of benzene rings is 2. The standard InChI is InChI=1S/C26H22ClN5O3/c1-15(2)34-26(33)31-22-9-4-16(12-21(22)27)24-20(14-28)19-8-7-18(35-25-29-10-3-11-30-25)13-23(19)32(24)17-5-6-17/h3-4,7-13,15,17H,5-6H2,1-2H3,(H,31,33). The number of carbonyl (C=O) groups excluding carboxylic acids is 1. The van der Waals surface area contributed by atoms with Gasteiger partial charge in [0.15, 0.2) is 0 Å². The first-order valence-corrected chi connectivity index (χ1v) is 11.6. The van der Waals surface area contributed by atoms with E-state index in [1.54, 1.807) is 50.5 Å². The van der Waals surface area contributed by atoms with Gasteiger partial charge in [-0.05, 0) is 57.0 Å². The lowest BCUT2D eigenvalue weighted by molar-refractivity contribution is 0.130. The number of ether oxygens (including phenoxy) is 2. The molecular weight excluding hydrogens is 466 g/mol. The van der Waals surface area contributed by atoms with Gasteiger partial charge in [0, 0.05) is 35.5 Å². The largest absolute Gasteiger partial charge is 0.447 e. The summed E-state index contributed by atoms with van der Waals surface area (Å²) in [6.45, 7) is 3.54. The molecule has 4 aromatic rings. The second kappa shape index (κ2) is 9.28. The van der Waals surface area contributed by atoms with Crippen LogP contribution in [0.5, 0.6) is 11.8 Å². The van der Waals surface area contributed by atoms with E-state index in [0.717, 1.165) is 35.0 Å². The molecule has 1 fully saturated rings. The zero-order chi connectivity index (χ0) is 24.5. The van der Waals surface area contributed by atoms with Gasteiger partial charge in [-0.25, -0.2) is 14.8 Å². The Balaban J connectivity index is 1.57. The molecule has 1 amide bonds. The van der Waals surface area contributed by atoms with Crippen molar-refractivity contribution >= 4 is 34.3 Å². The predicted octanol–water partition coefficient (Wildman–Crippen LogP) is 6.71. The van der Waals surface area contributed by atoms with Crippen molar-refractivity contribution in [3.8, 4) is 29.1 Å². The van der Waals surface area contributed by atoms with Gasteiger partial charge in [-0.2, -0.15) is 5.26 Å². The molecule has 5 rings (SSSR count). The van der Waals surface area contributed by atoms with E-state index in [1.165, 1.54) is 0 Å². The van der Waals surface area contributed by atoms with Gasteiger partial charge in [0.05, 0.1) is 33.6 Å². The van der Waals surface area contributed by atoms with Gasteiger partial charge in [-0.3, -0.25) is 5.32 Å². The van der Waals surface area contributed by atoms with E-state index in [4.69, 9.17) is 21.1 Å². The van der Waals surface area contributed by atoms with Gasteiger partial charge in [0.25, 0.3) is 0 Å². The summed E-state index contributed by atoms with van der Waals surface area (Å²) in [5.41, 5.74) is 3.46. The van der Waals surface area contributed by atoms with Crippen LogP contribution >= 0.6 is 11.6 Å². The Hall–Kier alpha value is -4.09. The normalized spacial score (nSPS) is 13.0. The summed E-state index contributed by atoms with van der Waals surface area (Å²) in [5.74, 6) is 0.584. The average Bonchev–Trinajstić information content (AvgIpc) is 3.61. The number of rotatable bonds is 6. The smallest absolute Gasteiger partial charge is 0.411 e. The lowest BCUT2D eigenvalue weighted by Gasteiger charge is -2.14. The zero-order valence-electron chi connectivity index (χ0n) is 19.2. The summed E-state index contributed by atoms with van der Waals surface area (Å²) < 4.78 is 13.2. The van der Waals surface area contributed by atoms with Crippen LogP contribution in [-0.2, 0) is 4.74 Å². The molecule has 1 aliphatic rings. The Morgan fingerprint density at radius 2 is 1.97 bits per heavy atom. The van der Waals surface area contributed by atoms with E-state index in [2.05, 4.69) is 25.9 Å². The van der Waals surface area contributed by atoms with E-state index in [-0.39, 0.29) is 18.2 Å². The summed E-state index contributed by atoms with van der Waals surface area (Å²) in [6, 6.07) is 15.6. The highest BCUT2D eigenvalue weighted by atomic mass is 35.5. The highest BCUT2D eigenvalue weighted by Crippen LogP contribution is 2.46. The lowest BCUT2D eigenvalue weighted by Crippen LogP contribution is -2.18. The molecule has 9 heteroatoms. The van der Waals surface area contributed by atoms with Crippen LogP contribution in [0, 0.1) is 11.3 Å². The molecule has 2 heterocycles. The van der Waals surface area contributed by atoms with Gasteiger partial charge in [-0.15, -0.1) is 0 Å². The molecular formula is C26H22ClN5O3. The third kappa shape index (κ3) is 4.63. The lowest BCUT2D eigenvalue weighted by atomic mass is 10.1. The third-order valence-electron chi connectivity index (χ3n) is 5.57. The fourth-order valence-electron chi connectivity index (χ4n) is 4.02. The number of nitrogens with zero attached hydrogens (tertiary/aromatic N) is 4. The first-order valence-electron chi connectivity index (χ1n) is 11.2. The van der Waals surface area contributed by atoms with Crippen molar-refractivity contribution in [2.45, 2.75) is 38.8 Å². The van der Waals surface area contributed by atoms with Crippen molar-refractivity contribution in [1.82, 2.24) is 14.5 Å². The molecule has 0 atom stereocenters. The molecule has 0 aliphatic heterocycles. The first kappa shape index (κ1) is 22.7. The van der Waals surface area contributed by atoms with E-state index < -0.39 is 6.09 Å². The van der Waals surface area contributed by atoms with Gasteiger partial charge in [0.1, 0.15) is 11.8 Å². The van der Waals surface area contributed by atoms with E-state index in [1.807, 2.05) is 18.2 Å². The average molecular weight is 488 g/mol. The molecule has 0 radical (unpaired) electrons. The molecule has 0 saturated heterocycles. The molecule has 176 valence electrons. The number of hydrogen-bond donors (Lipinski definition) is 1. The van der Waals surface area contributed by atoms with Crippen molar-refractivity contribution in [3.63, 3.8) is 0 Å². The number of carbonyl (C=O) groups is 1. The minimum Gasteiger partial charge on any atom is -0.447 e. The van der Waals surface area contributed by atoms with Gasteiger partial charge in [0.2, 0.25) is 0 Å². The van der Waals surface area contributed by atoms with Crippen LogP contribution in [0.3, 0.4) is 0 Å². The Bertz CT molecular complexity index is 1460. The molecule has 1 N–H and O–H groups in total. The van der Waals surface area contributed by atoms with Gasteiger partial charge < -0.3 is 14.0 Å². The van der Waals surface area contributed by atoms with Gasteiger partial charge in [-0.1, -0.05) is 17.7 Å². The van der Waals surface area contributed by atoms with E-state index in [0.29, 0.717) is 22.0 Å². The quantitative estimate of drug-likeness (QED) is 0.324. The van der Waals surface area contributed by atoms with Crippen LogP contribution in [0.25, 0.3) is 22.2 Å². The summed E-state index contributed by atoms with van der Waals surface area (Å²) in [7, 11) is 0. The summed E-state index contributed by atoms with van der Waals surface area (Å²) in [6.07, 6.45) is 4.44. The molecule has 0 bridgehead atoms. The number of amides is 1. The van der Waals surface area contributed by atoms with Crippen LogP contribution in [0.15, 0.2) is 54.9 Å². The number of nitriles is 1. The molecule has 0 spiro atoms. The molecule has 8 nitrogen and oxygen atoms in total. The fraction of sp³-hybridized carbons (Fsp3) is 0.231. The van der Waals surface area contributed by atoms with Crippen molar-refractivity contribution in [2.24, 2.45) is 0 Å². The number of anilines is 1. The predicted molar refractivity (Wildman–Crippen MR) is 133 cm³/mol. The van der Waals surface area contributed by atoms with Crippen LogP contribution in [-0.4, -0.2) is 26.7 Å². The van der Waals surface area contributed by atoms with Crippen molar-refractivity contribution in [2.75, 3.05) is 5.32 Å². The molecule has 2 aromatic carbocycles. The topological polar surface area (TPSA) is 102 Å². The maximum absolute atomic E-state index is 12.0. The van der Waals surface area contributed by atoms with Crippen LogP contribution in [0.2, 0.25) is 5.02 Å². The number of nitrogens with one attached hydrogen (secondary N) is 1. The Morgan fingerprint density at radius 3 is 2.63 bits per heavy atom. The Morgan fingerprint density at radius 1 is 1.20 bits per heavy atom. The van der Waals surface area contributed by atoms with Crippen LogP contribution in [0.1, 0.15) is 38.3 Å². The molecule has 1 saturated carbocycles. The summed E-state index contributed by atoms with van der Waals surface area (Å²) in [4.78, 5) is 20.2. The minimum absolute atomic E-state index is 0.247. The Labute approximate surface area is 207 Å². The van der Waals surface area contributed by atoms with E-state index in [9.17, 15) is 10.1 Å². The number of hydrogen-bond acceptors (Lipinski definition) is 6. The highest BCUT2D eigenvalue weighted by Gasteiger charge is 2.31. The number of halogens is 1. The fourth-order valence-corrected chi connectivity index (χ4v) is 4.25. The molecule has 1 aliphatic carbocycles.